The lowest BCUT2D eigenvalue weighted by Gasteiger charge is -2.64. The summed E-state index contributed by atoms with van der Waals surface area (Å²) in [4.78, 5) is 11.5. The van der Waals surface area contributed by atoms with E-state index >= 15 is 0 Å². The third-order valence-corrected chi connectivity index (χ3v) is 11.3. The van der Waals surface area contributed by atoms with Crippen LogP contribution in [0.3, 0.4) is 0 Å². The smallest absolute Gasteiger partial charge is 0.306 e. The second-order valence-electron chi connectivity index (χ2n) is 12.6. The van der Waals surface area contributed by atoms with Crippen molar-refractivity contribution in [3.05, 3.63) is 0 Å². The lowest BCUT2D eigenvalue weighted by Crippen LogP contribution is -2.62. The Hall–Kier alpha value is -0.610. The molecular weight excluding hydrogens is 388 g/mol. The Balaban J connectivity index is 1.61. The van der Waals surface area contributed by atoms with Crippen molar-refractivity contribution in [1.82, 2.24) is 0 Å². The molecule has 4 saturated carbocycles. The minimum Gasteiger partial charge on any atom is -0.481 e. The molecule has 0 saturated heterocycles. The van der Waals surface area contributed by atoms with Gasteiger partial charge in [-0.3, -0.25) is 4.79 Å². The number of rotatable bonds is 5. The van der Waals surface area contributed by atoms with Crippen LogP contribution >= 0.6 is 0 Å². The fraction of sp³-hybridized carbons (Fsp3) is 0.963. The second kappa shape index (κ2) is 8.31. The van der Waals surface area contributed by atoms with E-state index < -0.39 is 5.97 Å². The number of hydrogen-bond donors (Lipinski definition) is 3. The Morgan fingerprint density at radius 1 is 0.968 bits per heavy atom. The predicted octanol–water partition coefficient (Wildman–Crippen LogP) is 5.36. The van der Waals surface area contributed by atoms with Crippen LogP contribution in [0, 0.1) is 58.2 Å². The van der Waals surface area contributed by atoms with E-state index in [1.165, 1.54) is 25.7 Å². The van der Waals surface area contributed by atoms with Crippen molar-refractivity contribution in [2.75, 3.05) is 0 Å². The quantitative estimate of drug-likeness (QED) is 0.544. The number of aliphatic hydroxyl groups excluding tert-OH is 2. The molecule has 1 unspecified atom stereocenters. The summed E-state index contributed by atoms with van der Waals surface area (Å²) in [6.45, 7) is 11.3. The van der Waals surface area contributed by atoms with Gasteiger partial charge in [-0.05, 0) is 104 Å². The lowest BCUT2D eigenvalue weighted by molar-refractivity contribution is -0.203. The SMILES string of the molecule is CC[C@@H]1C2C[C@H](O)CC[C@]2(C)[C@H]2CC[C@]3(C)[C@@H]([C@H](C)C[C@@H](C)C(=O)O)CC[C@H]3[C@@H]2[C@@H]1O. The molecule has 0 aliphatic heterocycles. The Morgan fingerprint density at radius 3 is 2.26 bits per heavy atom. The molecule has 4 fully saturated rings. The first kappa shape index (κ1) is 23.5. The van der Waals surface area contributed by atoms with Crippen LogP contribution < -0.4 is 0 Å². The number of fused-ring (bicyclic) bond motifs is 5. The molecule has 178 valence electrons. The highest BCUT2D eigenvalue weighted by Crippen LogP contribution is 2.69. The highest BCUT2D eigenvalue weighted by molar-refractivity contribution is 5.69. The number of aliphatic carboxylic acids is 1. The topological polar surface area (TPSA) is 77.8 Å². The van der Waals surface area contributed by atoms with Crippen LogP contribution in [0.1, 0.15) is 92.4 Å². The van der Waals surface area contributed by atoms with E-state index in [9.17, 15) is 20.1 Å². The van der Waals surface area contributed by atoms with Crippen LogP contribution in [0.15, 0.2) is 0 Å². The summed E-state index contributed by atoms with van der Waals surface area (Å²) in [7, 11) is 0. The molecule has 0 aromatic heterocycles. The normalized spacial score (nSPS) is 51.3. The maximum absolute atomic E-state index is 11.7. The first-order chi connectivity index (χ1) is 14.5. The molecule has 4 heteroatoms. The summed E-state index contributed by atoms with van der Waals surface area (Å²) < 4.78 is 0. The fourth-order valence-electron chi connectivity index (χ4n) is 9.76. The molecule has 3 N–H and O–H groups in total. The molecule has 4 nitrogen and oxygen atoms in total. The van der Waals surface area contributed by atoms with Crippen molar-refractivity contribution in [2.24, 2.45) is 58.2 Å². The van der Waals surface area contributed by atoms with E-state index in [-0.39, 0.29) is 29.0 Å². The zero-order valence-electron chi connectivity index (χ0n) is 20.4. The minimum atomic E-state index is -0.679. The molecule has 0 amide bonds. The zero-order valence-corrected chi connectivity index (χ0v) is 20.4. The third kappa shape index (κ3) is 3.59. The second-order valence-corrected chi connectivity index (χ2v) is 12.6. The molecule has 0 bridgehead atoms. The number of aliphatic hydroxyl groups is 2. The van der Waals surface area contributed by atoms with Gasteiger partial charge in [0.25, 0.3) is 0 Å². The Kier molecular flexibility index (Phi) is 6.31. The number of carboxylic acid groups (broad SMARTS) is 1. The molecule has 4 aliphatic rings. The average molecular weight is 435 g/mol. The summed E-state index contributed by atoms with van der Waals surface area (Å²) in [6, 6.07) is 0. The van der Waals surface area contributed by atoms with E-state index in [0.717, 1.165) is 32.1 Å². The van der Waals surface area contributed by atoms with Gasteiger partial charge in [-0.25, -0.2) is 0 Å². The van der Waals surface area contributed by atoms with Gasteiger partial charge >= 0.3 is 5.97 Å². The van der Waals surface area contributed by atoms with Crippen molar-refractivity contribution in [1.29, 1.82) is 0 Å². The molecular formula is C27H46O4. The fourth-order valence-corrected chi connectivity index (χ4v) is 9.76. The first-order valence-corrected chi connectivity index (χ1v) is 13.1. The Bertz CT molecular complexity index is 678. The molecule has 0 spiro atoms. The molecule has 12 atom stereocenters. The van der Waals surface area contributed by atoms with Crippen molar-refractivity contribution in [3.63, 3.8) is 0 Å². The maximum Gasteiger partial charge on any atom is 0.306 e. The Morgan fingerprint density at radius 2 is 1.61 bits per heavy atom. The van der Waals surface area contributed by atoms with Gasteiger partial charge in [0.1, 0.15) is 0 Å². The minimum absolute atomic E-state index is 0.197. The lowest BCUT2D eigenvalue weighted by atomic mass is 9.41. The summed E-state index contributed by atoms with van der Waals surface area (Å²) in [6.07, 6.45) is 8.95. The van der Waals surface area contributed by atoms with Crippen molar-refractivity contribution in [2.45, 2.75) is 105 Å². The summed E-state index contributed by atoms with van der Waals surface area (Å²) in [5.41, 5.74) is 0.460. The molecule has 0 radical (unpaired) electrons. The van der Waals surface area contributed by atoms with Gasteiger partial charge in [0.2, 0.25) is 0 Å². The summed E-state index contributed by atoms with van der Waals surface area (Å²) >= 11 is 0. The van der Waals surface area contributed by atoms with Gasteiger partial charge in [-0.1, -0.05) is 41.0 Å². The molecule has 0 aromatic rings. The zero-order chi connectivity index (χ0) is 22.7. The van der Waals surface area contributed by atoms with E-state index in [0.29, 0.717) is 41.4 Å². The van der Waals surface area contributed by atoms with Gasteiger partial charge < -0.3 is 15.3 Å². The van der Waals surface area contributed by atoms with Gasteiger partial charge in [0.15, 0.2) is 0 Å². The van der Waals surface area contributed by atoms with Gasteiger partial charge in [0.05, 0.1) is 18.1 Å². The molecule has 4 rings (SSSR count). The van der Waals surface area contributed by atoms with Crippen LogP contribution in [0.5, 0.6) is 0 Å². The van der Waals surface area contributed by atoms with Gasteiger partial charge in [0, 0.05) is 0 Å². The van der Waals surface area contributed by atoms with E-state index in [1.807, 2.05) is 6.92 Å². The molecule has 31 heavy (non-hydrogen) atoms. The van der Waals surface area contributed by atoms with Crippen LogP contribution in [0.4, 0.5) is 0 Å². The van der Waals surface area contributed by atoms with Crippen LogP contribution in [0.25, 0.3) is 0 Å². The Labute approximate surface area is 189 Å². The van der Waals surface area contributed by atoms with Crippen LogP contribution in [-0.2, 0) is 4.79 Å². The highest BCUT2D eigenvalue weighted by atomic mass is 16.4. The first-order valence-electron chi connectivity index (χ1n) is 13.1. The number of carbonyl (C=O) groups is 1. The predicted molar refractivity (Wildman–Crippen MR) is 122 cm³/mol. The van der Waals surface area contributed by atoms with Gasteiger partial charge in [-0.2, -0.15) is 0 Å². The van der Waals surface area contributed by atoms with Crippen molar-refractivity contribution in [3.8, 4) is 0 Å². The van der Waals surface area contributed by atoms with E-state index in [1.54, 1.807) is 0 Å². The average Bonchev–Trinajstić information content (AvgIpc) is 3.06. The van der Waals surface area contributed by atoms with Crippen molar-refractivity contribution < 1.29 is 20.1 Å². The van der Waals surface area contributed by atoms with E-state index in [4.69, 9.17) is 0 Å². The monoisotopic (exact) mass is 434 g/mol. The number of hydrogen-bond acceptors (Lipinski definition) is 3. The molecule has 0 aromatic carbocycles. The number of carboxylic acids is 1. The van der Waals surface area contributed by atoms with Gasteiger partial charge in [-0.15, -0.1) is 0 Å². The summed E-state index contributed by atoms with van der Waals surface area (Å²) in [5, 5.41) is 31.6. The standard InChI is InChI=1S/C27H46O4/c1-6-18-22-14-17(28)9-11-27(22,5)21-10-12-26(4)19(15(2)13-16(3)25(30)31)7-8-20(26)23(21)24(18)29/h15-24,28-29H,6-14H2,1-5H3,(H,30,31)/t15-,16-,17-,18-,19-,20+,21+,22?,23+,24-,26-,27-/m1/s1. The third-order valence-electron chi connectivity index (χ3n) is 11.3. The van der Waals surface area contributed by atoms with Crippen LogP contribution in [0.2, 0.25) is 0 Å². The van der Waals surface area contributed by atoms with Crippen molar-refractivity contribution >= 4 is 5.97 Å². The molecule has 4 aliphatic carbocycles. The highest BCUT2D eigenvalue weighted by Gasteiger charge is 2.64. The maximum atomic E-state index is 11.7. The van der Waals surface area contributed by atoms with Crippen LogP contribution in [-0.4, -0.2) is 33.5 Å². The largest absolute Gasteiger partial charge is 0.481 e. The molecule has 0 heterocycles. The summed E-state index contributed by atoms with van der Waals surface area (Å²) in [5.74, 6) is 2.23. The van der Waals surface area contributed by atoms with E-state index in [2.05, 4.69) is 27.7 Å².